The van der Waals surface area contributed by atoms with Crippen molar-refractivity contribution in [2.45, 2.75) is 5.03 Å². The molecule has 6 nitrogen and oxygen atoms in total. The Balaban J connectivity index is 1.94. The van der Waals surface area contributed by atoms with E-state index in [0.29, 0.717) is 0 Å². The van der Waals surface area contributed by atoms with Gasteiger partial charge in [0.2, 0.25) is 0 Å². The van der Waals surface area contributed by atoms with Crippen LogP contribution in [0.15, 0.2) is 17.4 Å². The highest BCUT2D eigenvalue weighted by Crippen LogP contribution is 2.18. The smallest absolute Gasteiger partial charge is 0.317 e. The molecule has 0 saturated carbocycles. The van der Waals surface area contributed by atoms with E-state index in [9.17, 15) is 4.79 Å². The molecule has 1 saturated heterocycles. The molecule has 1 N–H and O–H groups in total. The van der Waals surface area contributed by atoms with Gasteiger partial charge in [-0.15, -0.1) is 11.8 Å². The SMILES string of the molecule is CSc1cc(N2CCN(CC(=O)O)CC2)ncn1. The molecule has 1 aliphatic heterocycles. The van der Waals surface area contributed by atoms with E-state index in [2.05, 4.69) is 14.9 Å². The van der Waals surface area contributed by atoms with Crippen LogP contribution in [-0.2, 0) is 4.79 Å². The van der Waals surface area contributed by atoms with Gasteiger partial charge in [0, 0.05) is 32.2 Å². The van der Waals surface area contributed by atoms with Crippen molar-refractivity contribution in [3.63, 3.8) is 0 Å². The maximum atomic E-state index is 10.6. The summed E-state index contributed by atoms with van der Waals surface area (Å²) in [6.45, 7) is 3.24. The standard InChI is InChI=1S/C11H16N4O2S/c1-18-10-6-9(12-8-13-10)15-4-2-14(3-5-15)7-11(16)17/h6,8H,2-5,7H2,1H3,(H,16,17). The lowest BCUT2D eigenvalue weighted by Gasteiger charge is -2.34. The number of aromatic nitrogens is 2. The molecule has 1 aromatic rings. The summed E-state index contributed by atoms with van der Waals surface area (Å²) in [7, 11) is 0. The number of carboxylic acid groups (broad SMARTS) is 1. The first kappa shape index (κ1) is 13.1. The van der Waals surface area contributed by atoms with Crippen LogP contribution in [0.1, 0.15) is 0 Å². The van der Waals surface area contributed by atoms with Crippen LogP contribution in [0.3, 0.4) is 0 Å². The number of piperazine rings is 1. The molecule has 1 aliphatic rings. The molecule has 0 radical (unpaired) electrons. The lowest BCUT2D eigenvalue weighted by molar-refractivity contribution is -0.138. The van der Waals surface area contributed by atoms with Crippen molar-refractivity contribution in [1.29, 1.82) is 0 Å². The van der Waals surface area contributed by atoms with E-state index in [0.717, 1.165) is 37.0 Å². The third-order valence-electron chi connectivity index (χ3n) is 2.89. The Kier molecular flexibility index (Phi) is 4.38. The molecule has 0 amide bonds. The highest BCUT2D eigenvalue weighted by atomic mass is 32.2. The zero-order chi connectivity index (χ0) is 13.0. The zero-order valence-electron chi connectivity index (χ0n) is 10.2. The van der Waals surface area contributed by atoms with E-state index in [1.165, 1.54) is 0 Å². The summed E-state index contributed by atoms with van der Waals surface area (Å²) in [5.41, 5.74) is 0. The van der Waals surface area contributed by atoms with Gasteiger partial charge in [0.25, 0.3) is 0 Å². The fourth-order valence-corrected chi connectivity index (χ4v) is 2.32. The fourth-order valence-electron chi connectivity index (χ4n) is 1.94. The van der Waals surface area contributed by atoms with Crippen LogP contribution in [0.2, 0.25) is 0 Å². The minimum Gasteiger partial charge on any atom is -0.480 e. The van der Waals surface area contributed by atoms with E-state index in [4.69, 9.17) is 5.11 Å². The molecule has 0 spiro atoms. The molecule has 0 aromatic carbocycles. The zero-order valence-corrected chi connectivity index (χ0v) is 11.1. The van der Waals surface area contributed by atoms with Crippen molar-refractivity contribution in [3.8, 4) is 0 Å². The number of hydrogen-bond acceptors (Lipinski definition) is 6. The number of carboxylic acids is 1. The van der Waals surface area contributed by atoms with Gasteiger partial charge in [-0.3, -0.25) is 9.69 Å². The Morgan fingerprint density at radius 1 is 1.39 bits per heavy atom. The van der Waals surface area contributed by atoms with Crippen LogP contribution in [0, 0.1) is 0 Å². The molecule has 7 heteroatoms. The van der Waals surface area contributed by atoms with Crippen LogP contribution in [-0.4, -0.2) is 64.9 Å². The summed E-state index contributed by atoms with van der Waals surface area (Å²) in [5, 5.41) is 9.69. The summed E-state index contributed by atoms with van der Waals surface area (Å²) in [6, 6.07) is 1.97. The monoisotopic (exact) mass is 268 g/mol. The molecule has 1 aromatic heterocycles. The largest absolute Gasteiger partial charge is 0.480 e. The summed E-state index contributed by atoms with van der Waals surface area (Å²) in [5.74, 6) is 0.152. The van der Waals surface area contributed by atoms with Crippen LogP contribution in [0.25, 0.3) is 0 Å². The normalized spacial score (nSPS) is 16.8. The molecule has 0 bridgehead atoms. The summed E-state index contributed by atoms with van der Waals surface area (Å²) < 4.78 is 0. The molecule has 0 unspecified atom stereocenters. The molecule has 18 heavy (non-hydrogen) atoms. The Morgan fingerprint density at radius 3 is 2.72 bits per heavy atom. The van der Waals surface area contributed by atoms with Crippen LogP contribution < -0.4 is 4.90 Å². The van der Waals surface area contributed by atoms with Gasteiger partial charge in [-0.05, 0) is 6.26 Å². The second-order valence-electron chi connectivity index (χ2n) is 4.08. The maximum Gasteiger partial charge on any atom is 0.317 e. The molecule has 2 rings (SSSR count). The molecular formula is C11H16N4O2S. The van der Waals surface area contributed by atoms with Crippen molar-refractivity contribution < 1.29 is 9.90 Å². The first-order valence-corrected chi connectivity index (χ1v) is 6.96. The van der Waals surface area contributed by atoms with E-state index < -0.39 is 5.97 Å². The first-order valence-electron chi connectivity index (χ1n) is 5.74. The molecule has 98 valence electrons. The predicted octanol–water partition coefficient (Wildman–Crippen LogP) is 0.405. The topological polar surface area (TPSA) is 69.6 Å². The predicted molar refractivity (Wildman–Crippen MR) is 70.1 cm³/mol. The summed E-state index contributed by atoms with van der Waals surface area (Å²) in [6.07, 6.45) is 3.56. The van der Waals surface area contributed by atoms with Gasteiger partial charge in [-0.25, -0.2) is 9.97 Å². The fraction of sp³-hybridized carbons (Fsp3) is 0.545. The van der Waals surface area contributed by atoms with Crippen molar-refractivity contribution in [2.75, 3.05) is 43.9 Å². The number of aliphatic carboxylic acids is 1. The number of thioether (sulfide) groups is 1. The van der Waals surface area contributed by atoms with Gasteiger partial charge >= 0.3 is 5.97 Å². The molecule has 0 atom stereocenters. The Hall–Kier alpha value is -1.34. The minimum atomic E-state index is -0.768. The highest BCUT2D eigenvalue weighted by Gasteiger charge is 2.19. The number of nitrogens with zero attached hydrogens (tertiary/aromatic N) is 4. The van der Waals surface area contributed by atoms with Crippen LogP contribution in [0.5, 0.6) is 0 Å². The molecular weight excluding hydrogens is 252 g/mol. The van der Waals surface area contributed by atoms with Gasteiger partial charge in [-0.2, -0.15) is 0 Å². The van der Waals surface area contributed by atoms with Crippen molar-refractivity contribution in [1.82, 2.24) is 14.9 Å². The number of hydrogen-bond donors (Lipinski definition) is 1. The van der Waals surface area contributed by atoms with Crippen molar-refractivity contribution in [2.24, 2.45) is 0 Å². The maximum absolute atomic E-state index is 10.6. The second kappa shape index (κ2) is 6.01. The van der Waals surface area contributed by atoms with Crippen LogP contribution >= 0.6 is 11.8 Å². The van der Waals surface area contributed by atoms with E-state index in [1.54, 1.807) is 18.1 Å². The lowest BCUT2D eigenvalue weighted by Crippen LogP contribution is -2.48. The Morgan fingerprint density at radius 2 is 2.11 bits per heavy atom. The Labute approximate surface area is 110 Å². The van der Waals surface area contributed by atoms with E-state index >= 15 is 0 Å². The van der Waals surface area contributed by atoms with Crippen molar-refractivity contribution >= 4 is 23.5 Å². The third-order valence-corrected chi connectivity index (χ3v) is 3.53. The molecule has 0 aliphatic carbocycles. The molecule has 2 heterocycles. The van der Waals surface area contributed by atoms with Gasteiger partial charge in [0.1, 0.15) is 17.2 Å². The van der Waals surface area contributed by atoms with E-state index in [1.807, 2.05) is 17.2 Å². The lowest BCUT2D eigenvalue weighted by atomic mass is 10.3. The number of rotatable bonds is 4. The average Bonchev–Trinajstić information content (AvgIpc) is 2.39. The van der Waals surface area contributed by atoms with Crippen molar-refractivity contribution in [3.05, 3.63) is 12.4 Å². The van der Waals surface area contributed by atoms with Crippen LogP contribution in [0.4, 0.5) is 5.82 Å². The summed E-state index contributed by atoms with van der Waals surface area (Å²) >= 11 is 1.59. The number of carbonyl (C=O) groups is 1. The molecule has 1 fully saturated rings. The third kappa shape index (κ3) is 3.33. The first-order chi connectivity index (χ1) is 8.69. The van der Waals surface area contributed by atoms with Gasteiger partial charge in [0.05, 0.1) is 6.54 Å². The van der Waals surface area contributed by atoms with Gasteiger partial charge < -0.3 is 10.0 Å². The second-order valence-corrected chi connectivity index (χ2v) is 4.90. The quantitative estimate of drug-likeness (QED) is 0.626. The van der Waals surface area contributed by atoms with Gasteiger partial charge in [-0.1, -0.05) is 0 Å². The highest BCUT2D eigenvalue weighted by molar-refractivity contribution is 7.98. The van der Waals surface area contributed by atoms with Gasteiger partial charge in [0.15, 0.2) is 0 Å². The summed E-state index contributed by atoms with van der Waals surface area (Å²) in [4.78, 5) is 23.1. The number of anilines is 1. The minimum absolute atomic E-state index is 0.119. The Bertz CT molecular complexity index is 421. The average molecular weight is 268 g/mol. The van der Waals surface area contributed by atoms with E-state index in [-0.39, 0.29) is 6.54 Å².